The maximum absolute atomic E-state index is 11.8. The fourth-order valence-electron chi connectivity index (χ4n) is 1.37. The second-order valence-electron chi connectivity index (χ2n) is 4.23. The van der Waals surface area contributed by atoms with Crippen LogP contribution in [0, 0.1) is 13.5 Å². The molecule has 1 atom stereocenters. The highest BCUT2D eigenvalue weighted by Crippen LogP contribution is 2.22. The monoisotopic (exact) mass is 259 g/mol. The fourth-order valence-corrected chi connectivity index (χ4v) is 1.37. The van der Waals surface area contributed by atoms with Crippen molar-refractivity contribution in [1.29, 1.82) is 0 Å². The van der Waals surface area contributed by atoms with E-state index in [2.05, 4.69) is 20.2 Å². The highest BCUT2D eigenvalue weighted by molar-refractivity contribution is 5.97. The number of hydrogen-bond acceptors (Lipinski definition) is 3. The number of azide groups is 1. The van der Waals surface area contributed by atoms with E-state index in [9.17, 15) is 9.90 Å². The first-order chi connectivity index (χ1) is 8.90. The molecule has 7 heteroatoms. The Hall–Kier alpha value is -2.55. The van der Waals surface area contributed by atoms with Gasteiger partial charge in [-0.2, -0.15) is 0 Å². The molecule has 0 aliphatic heterocycles. The van der Waals surface area contributed by atoms with Crippen LogP contribution in [0.25, 0.3) is 15.3 Å². The van der Waals surface area contributed by atoms with E-state index in [0.29, 0.717) is 11.4 Å². The summed E-state index contributed by atoms with van der Waals surface area (Å²) in [5.41, 5.74) is 8.10. The van der Waals surface area contributed by atoms with Crippen molar-refractivity contribution in [3.05, 3.63) is 45.6 Å². The summed E-state index contributed by atoms with van der Waals surface area (Å²) >= 11 is 0. The van der Waals surface area contributed by atoms with Gasteiger partial charge in [0.05, 0.1) is 13.1 Å². The molecule has 2 N–H and O–H groups in total. The quantitative estimate of drug-likeness (QED) is 0.375. The Morgan fingerprint density at radius 1 is 1.63 bits per heavy atom. The molecule has 1 aromatic rings. The van der Waals surface area contributed by atoms with Crippen LogP contribution in [0.2, 0.25) is 0 Å². The Bertz CT molecular complexity index is 582. The van der Waals surface area contributed by atoms with Crippen LogP contribution >= 0.6 is 0 Å². The van der Waals surface area contributed by atoms with Crippen molar-refractivity contribution in [2.75, 3.05) is 11.9 Å². The Balaban J connectivity index is 2.85. The van der Waals surface area contributed by atoms with E-state index >= 15 is 0 Å². The topological polar surface area (TPSA) is 102 Å². The average molecular weight is 259 g/mol. The highest BCUT2D eigenvalue weighted by Gasteiger charge is 2.29. The molecular formula is C12H13N5O2. The summed E-state index contributed by atoms with van der Waals surface area (Å²) in [6.45, 7) is 9.58. The third-order valence-corrected chi connectivity index (χ3v) is 2.51. The predicted octanol–water partition coefficient (Wildman–Crippen LogP) is 2.55. The van der Waals surface area contributed by atoms with E-state index in [4.69, 9.17) is 12.1 Å². The zero-order valence-corrected chi connectivity index (χ0v) is 10.6. The van der Waals surface area contributed by atoms with E-state index in [0.717, 1.165) is 5.56 Å². The van der Waals surface area contributed by atoms with E-state index in [1.54, 1.807) is 25.1 Å². The van der Waals surface area contributed by atoms with Gasteiger partial charge in [0.1, 0.15) is 5.60 Å². The molecule has 0 aliphatic rings. The second kappa shape index (κ2) is 5.87. The van der Waals surface area contributed by atoms with Crippen LogP contribution in [0.5, 0.6) is 0 Å². The van der Waals surface area contributed by atoms with Crippen molar-refractivity contribution in [2.24, 2.45) is 5.11 Å². The lowest BCUT2D eigenvalue weighted by Crippen LogP contribution is -2.42. The summed E-state index contributed by atoms with van der Waals surface area (Å²) in [5, 5.41) is 15.5. The van der Waals surface area contributed by atoms with Gasteiger partial charge in [-0.1, -0.05) is 11.2 Å². The van der Waals surface area contributed by atoms with Crippen LogP contribution in [0.15, 0.2) is 23.3 Å². The van der Waals surface area contributed by atoms with Gasteiger partial charge in [-0.3, -0.25) is 4.79 Å². The third kappa shape index (κ3) is 3.71. The number of anilines is 1. The molecule has 0 aromatic heterocycles. The normalized spacial score (nSPS) is 12.7. The smallest absolute Gasteiger partial charge is 0.256 e. The van der Waals surface area contributed by atoms with Crippen molar-refractivity contribution >= 4 is 17.3 Å². The second-order valence-corrected chi connectivity index (χ2v) is 4.23. The first-order valence-corrected chi connectivity index (χ1v) is 5.43. The molecule has 7 nitrogen and oxygen atoms in total. The largest absolute Gasteiger partial charge is 0.380 e. The maximum atomic E-state index is 11.8. The number of aryl methyl sites for hydroxylation is 1. The van der Waals surface area contributed by atoms with Gasteiger partial charge in [0.25, 0.3) is 5.91 Å². The molecule has 0 saturated carbocycles. The SMILES string of the molecule is [C-]#[N+]c1ccc(NC(=O)[C@@](C)(O)CN=[N+]=[N-])cc1C. The van der Waals surface area contributed by atoms with Gasteiger partial charge in [0.2, 0.25) is 0 Å². The Morgan fingerprint density at radius 2 is 2.32 bits per heavy atom. The molecule has 0 radical (unpaired) electrons. The zero-order chi connectivity index (χ0) is 14.5. The first-order valence-electron chi connectivity index (χ1n) is 5.43. The summed E-state index contributed by atoms with van der Waals surface area (Å²) < 4.78 is 0. The molecule has 0 aliphatic carbocycles. The van der Waals surface area contributed by atoms with Crippen molar-refractivity contribution in [3.8, 4) is 0 Å². The lowest BCUT2D eigenvalue weighted by Gasteiger charge is -2.20. The number of carbonyl (C=O) groups excluding carboxylic acids is 1. The summed E-state index contributed by atoms with van der Waals surface area (Å²) in [5.74, 6) is -0.671. The number of rotatable bonds is 4. The number of nitrogens with zero attached hydrogens (tertiary/aromatic N) is 4. The van der Waals surface area contributed by atoms with E-state index in [1.165, 1.54) is 6.92 Å². The molecule has 1 aromatic carbocycles. The molecular weight excluding hydrogens is 246 g/mol. The van der Waals surface area contributed by atoms with Crippen molar-refractivity contribution in [2.45, 2.75) is 19.4 Å². The van der Waals surface area contributed by atoms with Crippen LogP contribution < -0.4 is 5.32 Å². The van der Waals surface area contributed by atoms with Crippen LogP contribution in [-0.2, 0) is 4.79 Å². The summed E-state index contributed by atoms with van der Waals surface area (Å²) in [6.07, 6.45) is 0. The maximum Gasteiger partial charge on any atom is 0.256 e. The molecule has 98 valence electrons. The molecule has 1 amide bonds. The molecule has 0 saturated heterocycles. The Morgan fingerprint density at radius 3 is 2.84 bits per heavy atom. The average Bonchev–Trinajstić information content (AvgIpc) is 2.36. The fraction of sp³-hybridized carbons (Fsp3) is 0.333. The van der Waals surface area contributed by atoms with Crippen molar-refractivity contribution in [3.63, 3.8) is 0 Å². The minimum atomic E-state index is -1.78. The van der Waals surface area contributed by atoms with Crippen LogP contribution in [0.4, 0.5) is 11.4 Å². The summed E-state index contributed by atoms with van der Waals surface area (Å²) in [6, 6.07) is 4.79. The predicted molar refractivity (Wildman–Crippen MR) is 70.7 cm³/mol. The number of nitrogens with one attached hydrogen (secondary N) is 1. The standard InChI is InChI=1S/C12H13N5O2/c1-8-6-9(4-5-10(8)14-3)16-11(18)12(2,19)7-15-17-13/h4-6,19H,7H2,1-2H3,(H,16,18)/t12-/m0/s1. The summed E-state index contributed by atoms with van der Waals surface area (Å²) in [7, 11) is 0. The minimum Gasteiger partial charge on any atom is -0.380 e. The van der Waals surface area contributed by atoms with Gasteiger partial charge in [-0.15, -0.1) is 0 Å². The molecule has 0 heterocycles. The van der Waals surface area contributed by atoms with Crippen LogP contribution in [0.1, 0.15) is 12.5 Å². The third-order valence-electron chi connectivity index (χ3n) is 2.51. The molecule has 0 unspecified atom stereocenters. The Kier molecular flexibility index (Phi) is 4.48. The number of amides is 1. The minimum absolute atomic E-state index is 0.353. The first kappa shape index (κ1) is 14.5. The Labute approximate surface area is 110 Å². The summed E-state index contributed by atoms with van der Waals surface area (Å²) in [4.78, 5) is 17.6. The van der Waals surface area contributed by atoms with Gasteiger partial charge in [-0.25, -0.2) is 4.85 Å². The van der Waals surface area contributed by atoms with E-state index < -0.39 is 11.5 Å². The zero-order valence-electron chi connectivity index (χ0n) is 10.6. The van der Waals surface area contributed by atoms with Crippen molar-refractivity contribution < 1.29 is 9.90 Å². The van der Waals surface area contributed by atoms with E-state index in [1.807, 2.05) is 0 Å². The molecule has 0 spiro atoms. The molecule has 0 bridgehead atoms. The lowest BCUT2D eigenvalue weighted by atomic mass is 10.1. The number of benzene rings is 1. The number of aliphatic hydroxyl groups is 1. The van der Waals surface area contributed by atoms with Gasteiger partial charge in [0.15, 0.2) is 5.69 Å². The van der Waals surface area contributed by atoms with Gasteiger partial charge >= 0.3 is 0 Å². The molecule has 19 heavy (non-hydrogen) atoms. The molecule has 0 fully saturated rings. The van der Waals surface area contributed by atoms with Gasteiger partial charge in [0, 0.05) is 10.6 Å². The number of carbonyl (C=O) groups is 1. The lowest BCUT2D eigenvalue weighted by molar-refractivity contribution is -0.131. The van der Waals surface area contributed by atoms with Crippen LogP contribution in [0.3, 0.4) is 0 Å². The highest BCUT2D eigenvalue weighted by atomic mass is 16.3. The van der Waals surface area contributed by atoms with Gasteiger partial charge < -0.3 is 10.4 Å². The van der Waals surface area contributed by atoms with Crippen molar-refractivity contribution in [1.82, 2.24) is 0 Å². The van der Waals surface area contributed by atoms with E-state index in [-0.39, 0.29) is 6.54 Å². The van der Waals surface area contributed by atoms with Crippen LogP contribution in [-0.4, -0.2) is 23.2 Å². The number of hydrogen-bond donors (Lipinski definition) is 2. The molecule has 1 rings (SSSR count). The van der Waals surface area contributed by atoms with Gasteiger partial charge in [-0.05, 0) is 37.1 Å².